The number of esters is 1. The van der Waals surface area contributed by atoms with Crippen molar-refractivity contribution in [3.8, 4) is 0 Å². The summed E-state index contributed by atoms with van der Waals surface area (Å²) in [4.78, 5) is 23.2. The first-order valence-corrected chi connectivity index (χ1v) is 5.36. The Bertz CT molecular complexity index is 654. The number of hydrogen-bond acceptors (Lipinski definition) is 5. The molecule has 0 spiro atoms. The second-order valence-electron chi connectivity index (χ2n) is 3.89. The normalized spacial score (nSPS) is 12.4. The lowest BCUT2D eigenvalue weighted by Crippen LogP contribution is -2.07. The van der Waals surface area contributed by atoms with Gasteiger partial charge in [-0.05, 0) is 19.1 Å². The van der Waals surface area contributed by atoms with Crippen molar-refractivity contribution in [1.82, 2.24) is 0 Å². The summed E-state index contributed by atoms with van der Waals surface area (Å²) >= 11 is 0. The van der Waals surface area contributed by atoms with E-state index < -0.39 is 12.1 Å². The lowest BCUT2D eigenvalue weighted by Gasteiger charge is -2.09. The van der Waals surface area contributed by atoms with Gasteiger partial charge >= 0.3 is 5.97 Å². The van der Waals surface area contributed by atoms with Gasteiger partial charge in [0.05, 0.1) is 30.4 Å². The van der Waals surface area contributed by atoms with E-state index in [-0.39, 0.29) is 22.0 Å². The number of benzene rings is 1. The molecule has 1 aromatic carbocycles. The van der Waals surface area contributed by atoms with Crippen molar-refractivity contribution >= 4 is 16.9 Å². The van der Waals surface area contributed by atoms with E-state index in [4.69, 9.17) is 4.42 Å². The molecule has 2 aromatic rings. The van der Waals surface area contributed by atoms with Gasteiger partial charge < -0.3 is 14.3 Å². The van der Waals surface area contributed by atoms with Crippen LogP contribution in [0, 0.1) is 0 Å². The number of aliphatic hydroxyl groups excluding tert-OH is 1. The summed E-state index contributed by atoms with van der Waals surface area (Å²) < 4.78 is 9.85. The Balaban J connectivity index is 2.84. The Morgan fingerprint density at radius 2 is 2.17 bits per heavy atom. The van der Waals surface area contributed by atoms with Crippen LogP contribution in [0.3, 0.4) is 0 Å². The third-order valence-corrected chi connectivity index (χ3v) is 2.66. The molecule has 0 radical (unpaired) electrons. The Labute approximate surface area is 103 Å². The molecule has 1 heterocycles. The number of ether oxygens (including phenoxy) is 1. The van der Waals surface area contributed by atoms with E-state index in [0.29, 0.717) is 5.56 Å². The summed E-state index contributed by atoms with van der Waals surface area (Å²) in [6.07, 6.45) is 0.400. The van der Waals surface area contributed by atoms with Gasteiger partial charge in [0.1, 0.15) is 5.58 Å². The van der Waals surface area contributed by atoms with Crippen LogP contribution >= 0.6 is 0 Å². The van der Waals surface area contributed by atoms with Gasteiger partial charge in [-0.3, -0.25) is 4.79 Å². The maximum atomic E-state index is 11.7. The fourth-order valence-electron chi connectivity index (χ4n) is 1.77. The number of carbonyl (C=O) groups is 1. The Hall–Kier alpha value is -2.14. The lowest BCUT2D eigenvalue weighted by molar-refractivity contribution is 0.0600. The zero-order valence-corrected chi connectivity index (χ0v) is 9.97. The highest BCUT2D eigenvalue weighted by Crippen LogP contribution is 2.24. The molecule has 0 saturated heterocycles. The summed E-state index contributed by atoms with van der Waals surface area (Å²) in [7, 11) is 1.25. The summed E-state index contributed by atoms with van der Waals surface area (Å²) in [6, 6.07) is 4.12. The van der Waals surface area contributed by atoms with Crippen LogP contribution in [0.5, 0.6) is 0 Å². The third-order valence-electron chi connectivity index (χ3n) is 2.66. The largest absolute Gasteiger partial charge is 0.465 e. The van der Waals surface area contributed by atoms with Crippen molar-refractivity contribution in [2.75, 3.05) is 7.11 Å². The first-order chi connectivity index (χ1) is 8.54. The predicted molar refractivity (Wildman–Crippen MR) is 64.5 cm³/mol. The van der Waals surface area contributed by atoms with Gasteiger partial charge in [0.2, 0.25) is 0 Å². The number of aliphatic hydroxyl groups is 1. The van der Waals surface area contributed by atoms with E-state index in [0.717, 1.165) is 0 Å². The zero-order chi connectivity index (χ0) is 13.3. The summed E-state index contributed by atoms with van der Waals surface area (Å²) in [5, 5.41) is 9.92. The molecule has 0 aliphatic rings. The molecule has 5 heteroatoms. The van der Waals surface area contributed by atoms with Crippen LogP contribution in [0.4, 0.5) is 0 Å². The SMILES string of the molecule is COC(=O)c1cc(C(C)O)c2occc(=O)c2c1. The van der Waals surface area contributed by atoms with Gasteiger partial charge in [0, 0.05) is 11.6 Å². The molecule has 1 unspecified atom stereocenters. The summed E-state index contributed by atoms with van der Waals surface area (Å²) in [5.74, 6) is -0.568. The summed E-state index contributed by atoms with van der Waals surface area (Å²) in [5.41, 5.74) is 0.596. The van der Waals surface area contributed by atoms with E-state index in [2.05, 4.69) is 4.74 Å². The first-order valence-electron chi connectivity index (χ1n) is 5.36. The topological polar surface area (TPSA) is 76.7 Å². The molecule has 1 atom stereocenters. The van der Waals surface area contributed by atoms with Crippen molar-refractivity contribution in [1.29, 1.82) is 0 Å². The lowest BCUT2D eigenvalue weighted by atomic mass is 10.0. The maximum Gasteiger partial charge on any atom is 0.337 e. The number of hydrogen-bond donors (Lipinski definition) is 1. The van der Waals surface area contributed by atoms with Gasteiger partial charge in [-0.2, -0.15) is 0 Å². The second kappa shape index (κ2) is 4.62. The Kier molecular flexibility index (Phi) is 3.16. The van der Waals surface area contributed by atoms with Crippen LogP contribution < -0.4 is 5.43 Å². The van der Waals surface area contributed by atoms with Crippen molar-refractivity contribution < 1.29 is 19.1 Å². The minimum atomic E-state index is -0.859. The molecule has 5 nitrogen and oxygen atoms in total. The highest BCUT2D eigenvalue weighted by atomic mass is 16.5. The molecule has 0 amide bonds. The van der Waals surface area contributed by atoms with Crippen molar-refractivity contribution in [3.63, 3.8) is 0 Å². The average Bonchev–Trinajstić information content (AvgIpc) is 2.37. The summed E-state index contributed by atoms with van der Waals surface area (Å²) in [6.45, 7) is 1.53. The van der Waals surface area contributed by atoms with Crippen LogP contribution in [-0.4, -0.2) is 18.2 Å². The third kappa shape index (κ3) is 2.00. The highest BCUT2D eigenvalue weighted by Gasteiger charge is 2.16. The second-order valence-corrected chi connectivity index (χ2v) is 3.89. The van der Waals surface area contributed by atoms with Crippen LogP contribution in [0.2, 0.25) is 0 Å². The minimum Gasteiger partial charge on any atom is -0.465 e. The van der Waals surface area contributed by atoms with Gasteiger partial charge in [-0.15, -0.1) is 0 Å². The molecular weight excluding hydrogens is 236 g/mol. The van der Waals surface area contributed by atoms with Gasteiger partial charge in [0.25, 0.3) is 0 Å². The molecular formula is C13H12O5. The fourth-order valence-corrected chi connectivity index (χ4v) is 1.77. The van der Waals surface area contributed by atoms with E-state index in [1.54, 1.807) is 0 Å². The number of methoxy groups -OCH3 is 1. The van der Waals surface area contributed by atoms with Gasteiger partial charge in [0.15, 0.2) is 5.43 Å². The predicted octanol–water partition coefficient (Wildman–Crippen LogP) is 1.63. The molecule has 2 rings (SSSR count). The Morgan fingerprint density at radius 1 is 1.44 bits per heavy atom. The zero-order valence-electron chi connectivity index (χ0n) is 9.97. The molecule has 0 bridgehead atoms. The first kappa shape index (κ1) is 12.3. The molecule has 0 saturated carbocycles. The van der Waals surface area contributed by atoms with E-state index in [9.17, 15) is 14.7 Å². The number of carbonyl (C=O) groups excluding carboxylic acids is 1. The molecule has 0 aliphatic heterocycles. The van der Waals surface area contributed by atoms with E-state index >= 15 is 0 Å². The molecule has 1 aromatic heterocycles. The molecule has 0 aliphatic carbocycles. The standard InChI is InChI=1S/C13H12O5/c1-7(14)9-5-8(13(16)17-2)6-10-11(15)3-4-18-12(9)10/h3-7,14H,1-2H3. The van der Waals surface area contributed by atoms with Crippen LogP contribution in [0.1, 0.15) is 28.9 Å². The number of fused-ring (bicyclic) bond motifs is 1. The van der Waals surface area contributed by atoms with Crippen molar-refractivity contribution in [3.05, 3.63) is 45.8 Å². The number of rotatable bonds is 2. The quantitative estimate of drug-likeness (QED) is 0.817. The highest BCUT2D eigenvalue weighted by molar-refractivity contribution is 5.95. The molecule has 1 N–H and O–H groups in total. The monoisotopic (exact) mass is 248 g/mol. The molecule has 0 fully saturated rings. The van der Waals surface area contributed by atoms with E-state index in [1.807, 2.05) is 0 Å². The minimum absolute atomic E-state index is 0.208. The van der Waals surface area contributed by atoms with Crippen LogP contribution in [0.25, 0.3) is 11.0 Å². The van der Waals surface area contributed by atoms with Crippen molar-refractivity contribution in [2.24, 2.45) is 0 Å². The average molecular weight is 248 g/mol. The molecule has 94 valence electrons. The van der Waals surface area contributed by atoms with Gasteiger partial charge in [-0.1, -0.05) is 0 Å². The van der Waals surface area contributed by atoms with Crippen LogP contribution in [0.15, 0.2) is 33.7 Å². The smallest absolute Gasteiger partial charge is 0.337 e. The van der Waals surface area contributed by atoms with E-state index in [1.165, 1.54) is 38.5 Å². The van der Waals surface area contributed by atoms with Gasteiger partial charge in [-0.25, -0.2) is 4.79 Å². The Morgan fingerprint density at radius 3 is 2.78 bits per heavy atom. The molecule has 18 heavy (non-hydrogen) atoms. The maximum absolute atomic E-state index is 11.7. The van der Waals surface area contributed by atoms with Crippen LogP contribution in [-0.2, 0) is 4.74 Å². The fraction of sp³-hybridized carbons (Fsp3) is 0.231. The van der Waals surface area contributed by atoms with Crippen molar-refractivity contribution in [2.45, 2.75) is 13.0 Å².